The second-order valence-electron chi connectivity index (χ2n) is 13.6. The number of amides is 2. The Morgan fingerprint density at radius 1 is 0.864 bits per heavy atom. The Kier molecular flexibility index (Phi) is 9.31. The van der Waals surface area contributed by atoms with Crippen LogP contribution < -0.4 is 19.9 Å². The lowest BCUT2D eigenvalue weighted by Gasteiger charge is -2.43. The molecule has 0 bridgehead atoms. The van der Waals surface area contributed by atoms with Crippen LogP contribution in [0.2, 0.25) is 0 Å². The first-order valence-electron chi connectivity index (χ1n) is 16.7. The van der Waals surface area contributed by atoms with Crippen molar-refractivity contribution in [2.24, 2.45) is 5.92 Å². The molecule has 2 fully saturated rings. The minimum absolute atomic E-state index is 0.0177. The number of likely N-dealkylation sites (tertiary alicyclic amines) is 1. The average Bonchev–Trinajstić information content (AvgIpc) is 3.01. The maximum absolute atomic E-state index is 14.1. The zero-order chi connectivity index (χ0) is 30.5. The van der Waals surface area contributed by atoms with Gasteiger partial charge in [0.2, 0.25) is 12.6 Å². The minimum Gasteiger partial charge on any atom is -0.457 e. The minimum atomic E-state index is -0.535. The van der Waals surface area contributed by atoms with Gasteiger partial charge in [-0.1, -0.05) is 50.3 Å². The third kappa shape index (κ3) is 7.15. The topological polar surface area (TPSA) is 71.3 Å². The van der Waals surface area contributed by atoms with Gasteiger partial charge in [-0.2, -0.15) is 4.57 Å². The van der Waals surface area contributed by atoms with Gasteiger partial charge in [0.15, 0.2) is 12.4 Å². The first-order chi connectivity index (χ1) is 21.4. The number of nitrogens with zero attached hydrogens (tertiary/aromatic N) is 2. The second kappa shape index (κ2) is 13.5. The highest BCUT2D eigenvalue weighted by atomic mass is 16.5. The van der Waals surface area contributed by atoms with Crippen LogP contribution in [0.15, 0.2) is 67.0 Å². The quantitative estimate of drug-likeness (QED) is 0.260. The van der Waals surface area contributed by atoms with Gasteiger partial charge >= 0.3 is 0 Å². The molecule has 7 heteroatoms. The number of quaternary nitrogens is 1. The monoisotopic (exact) mass is 596 g/mol. The van der Waals surface area contributed by atoms with Crippen molar-refractivity contribution in [3.63, 3.8) is 0 Å². The van der Waals surface area contributed by atoms with Gasteiger partial charge in [-0.15, -0.1) is 0 Å². The van der Waals surface area contributed by atoms with Crippen LogP contribution in [-0.2, 0) is 11.5 Å². The number of nitrogens with one attached hydrogen (secondary N) is 2. The molecule has 1 saturated carbocycles. The van der Waals surface area contributed by atoms with Crippen molar-refractivity contribution in [1.29, 1.82) is 0 Å². The predicted octanol–water partition coefficient (Wildman–Crippen LogP) is 5.99. The number of para-hydroxylation sites is 1. The van der Waals surface area contributed by atoms with Gasteiger partial charge in [-0.3, -0.25) is 14.9 Å². The largest absolute Gasteiger partial charge is 0.457 e. The summed E-state index contributed by atoms with van der Waals surface area (Å²) in [5, 5.41) is 6.42. The normalized spacial score (nSPS) is 23.7. The van der Waals surface area contributed by atoms with Crippen LogP contribution in [0.3, 0.4) is 0 Å². The highest BCUT2D eigenvalue weighted by molar-refractivity contribution is 5.96. The summed E-state index contributed by atoms with van der Waals surface area (Å²) in [5.41, 5.74) is 3.25. The zero-order valence-corrected chi connectivity index (χ0v) is 26.4. The van der Waals surface area contributed by atoms with Crippen LogP contribution in [0.25, 0.3) is 0 Å². The summed E-state index contributed by atoms with van der Waals surface area (Å²) in [4.78, 5) is 27.3. The molecule has 1 aliphatic carbocycles. The van der Waals surface area contributed by atoms with E-state index in [1.54, 1.807) is 6.07 Å². The number of benzene rings is 2. The molecule has 1 unspecified atom stereocenters. The Morgan fingerprint density at radius 2 is 1.55 bits per heavy atom. The summed E-state index contributed by atoms with van der Waals surface area (Å²) in [6.07, 6.45) is 15.6. The Hall–Kier alpha value is -3.71. The molecule has 2 aromatic carbocycles. The number of rotatable bonds is 7. The molecule has 232 valence electrons. The van der Waals surface area contributed by atoms with E-state index in [9.17, 15) is 9.59 Å². The van der Waals surface area contributed by atoms with E-state index < -0.39 is 5.92 Å². The summed E-state index contributed by atoms with van der Waals surface area (Å²) in [7, 11) is 2.42. The van der Waals surface area contributed by atoms with Gasteiger partial charge in [0.1, 0.15) is 11.5 Å². The molecule has 3 aliphatic rings. The summed E-state index contributed by atoms with van der Waals surface area (Å²) >= 11 is 0. The summed E-state index contributed by atoms with van der Waals surface area (Å²) < 4.78 is 9.27. The lowest BCUT2D eigenvalue weighted by atomic mass is 9.85. The fraction of sp³-hybridized carbons (Fsp3) is 0.486. The molecule has 2 amide bonds. The third-order valence-electron chi connectivity index (χ3n) is 10.1. The van der Waals surface area contributed by atoms with Crippen molar-refractivity contribution in [3.05, 3.63) is 89.2 Å². The molecule has 3 heterocycles. The number of pyridine rings is 1. The fourth-order valence-electron chi connectivity index (χ4n) is 7.44. The van der Waals surface area contributed by atoms with E-state index in [1.165, 1.54) is 57.1 Å². The summed E-state index contributed by atoms with van der Waals surface area (Å²) in [5.74, 6) is 1.42. The first-order valence-corrected chi connectivity index (χ1v) is 16.7. The number of hydrogen-bond donors (Lipinski definition) is 2. The van der Waals surface area contributed by atoms with Crippen molar-refractivity contribution in [2.75, 3.05) is 26.7 Å². The molecule has 6 rings (SSSR count). The van der Waals surface area contributed by atoms with Gasteiger partial charge in [-0.05, 0) is 49.6 Å². The van der Waals surface area contributed by atoms with Crippen molar-refractivity contribution in [1.82, 2.24) is 10.6 Å². The molecular formula is C37H48N4O3+2. The van der Waals surface area contributed by atoms with Crippen LogP contribution >= 0.6 is 0 Å². The smallest absolute Gasteiger partial charge is 0.256 e. The molecule has 2 aliphatic heterocycles. The van der Waals surface area contributed by atoms with Gasteiger partial charge in [0.25, 0.3) is 5.91 Å². The number of carbonyl (C=O) groups is 2. The molecule has 1 atom stereocenters. The number of aromatic nitrogens is 1. The van der Waals surface area contributed by atoms with Gasteiger partial charge in [0, 0.05) is 53.6 Å². The molecular weight excluding hydrogens is 548 g/mol. The standard InChI is InChI=1S/C37H46N4O3/c1-27-16-20-40(21-17-27)26-38-36(42)29-14-15-34-32(24-29)35(31-12-8-9-13-33(31)44-34)37(43)39-30-18-22-41(2,23-19-30)25-28-10-6-4-3-5-7-11-28/h8-9,12-17,20-21,24,28,30,35H,3-7,10-11,18-19,22-23,25-26H2,1-2H3/p+2. The lowest BCUT2D eigenvalue weighted by Crippen LogP contribution is -2.56. The van der Waals surface area contributed by atoms with Crippen molar-refractivity contribution in [2.45, 2.75) is 83.3 Å². The Balaban J connectivity index is 1.13. The van der Waals surface area contributed by atoms with Gasteiger partial charge in [-0.25, -0.2) is 0 Å². The van der Waals surface area contributed by atoms with E-state index in [-0.39, 0.29) is 17.9 Å². The Bertz CT molecular complexity index is 1450. The van der Waals surface area contributed by atoms with Gasteiger partial charge in [0.05, 0.1) is 32.6 Å². The molecule has 0 spiro atoms. The van der Waals surface area contributed by atoms with Gasteiger partial charge < -0.3 is 14.5 Å². The highest BCUT2D eigenvalue weighted by Gasteiger charge is 2.37. The third-order valence-corrected chi connectivity index (χ3v) is 10.1. The van der Waals surface area contributed by atoms with E-state index in [1.807, 2.05) is 72.4 Å². The average molecular weight is 597 g/mol. The van der Waals surface area contributed by atoms with E-state index in [0.29, 0.717) is 23.7 Å². The molecule has 44 heavy (non-hydrogen) atoms. The predicted molar refractivity (Wildman–Crippen MR) is 171 cm³/mol. The zero-order valence-electron chi connectivity index (χ0n) is 26.4. The van der Waals surface area contributed by atoms with Crippen LogP contribution in [-0.4, -0.2) is 49.0 Å². The van der Waals surface area contributed by atoms with Crippen LogP contribution in [0.5, 0.6) is 11.5 Å². The number of aryl methyl sites for hydroxylation is 1. The van der Waals surface area contributed by atoms with Crippen molar-refractivity contribution >= 4 is 11.8 Å². The van der Waals surface area contributed by atoms with Crippen molar-refractivity contribution < 1.29 is 23.4 Å². The molecule has 3 aromatic rings. The number of fused-ring (bicyclic) bond motifs is 2. The molecule has 1 saturated heterocycles. The van der Waals surface area contributed by atoms with Crippen molar-refractivity contribution in [3.8, 4) is 11.5 Å². The van der Waals surface area contributed by atoms with E-state index in [4.69, 9.17) is 4.74 Å². The summed E-state index contributed by atoms with van der Waals surface area (Å²) in [6.45, 7) is 5.87. The SMILES string of the molecule is Cc1cc[n+](CNC(=O)c2ccc3c(c2)C(C(=O)NC2CC[N+](C)(CC4CCCCCCC4)CC2)c2ccccc2O3)cc1. The van der Waals surface area contributed by atoms with E-state index >= 15 is 0 Å². The van der Waals surface area contributed by atoms with Crippen LogP contribution in [0.4, 0.5) is 0 Å². The molecule has 7 nitrogen and oxygen atoms in total. The second-order valence-corrected chi connectivity index (χ2v) is 13.6. The molecule has 1 aromatic heterocycles. The fourth-order valence-corrected chi connectivity index (χ4v) is 7.44. The first kappa shape index (κ1) is 30.3. The number of carbonyl (C=O) groups excluding carboxylic acids is 2. The maximum Gasteiger partial charge on any atom is 0.256 e. The molecule has 2 N–H and O–H groups in total. The number of ether oxygens (including phenoxy) is 1. The Morgan fingerprint density at radius 3 is 2.30 bits per heavy atom. The maximum atomic E-state index is 14.1. The van der Waals surface area contributed by atoms with E-state index in [2.05, 4.69) is 17.7 Å². The number of hydrogen-bond acceptors (Lipinski definition) is 3. The van der Waals surface area contributed by atoms with Crippen LogP contribution in [0.1, 0.15) is 90.8 Å². The molecule has 0 radical (unpaired) electrons. The lowest BCUT2D eigenvalue weighted by molar-refractivity contribution is -0.917. The van der Waals surface area contributed by atoms with Crippen LogP contribution in [0, 0.1) is 12.8 Å². The summed E-state index contributed by atoms with van der Waals surface area (Å²) in [6, 6.07) is 17.3. The number of piperidine rings is 1. The van der Waals surface area contributed by atoms with E-state index in [0.717, 1.165) is 47.5 Å². The Labute approximate surface area is 262 Å². The highest BCUT2D eigenvalue weighted by Crippen LogP contribution is 2.44.